The lowest BCUT2D eigenvalue weighted by molar-refractivity contribution is -0.136. The van der Waals surface area contributed by atoms with Gasteiger partial charge in [0.1, 0.15) is 5.75 Å². The molecule has 3 rings (SSSR count). The summed E-state index contributed by atoms with van der Waals surface area (Å²) < 4.78 is 5.91. The first-order valence-electron chi connectivity index (χ1n) is 10.7. The number of carbonyl (C=O) groups excluding carboxylic acids is 2. The maximum absolute atomic E-state index is 12.8. The Bertz CT molecular complexity index is 702. The van der Waals surface area contributed by atoms with Crippen LogP contribution in [0.15, 0.2) is 18.2 Å². The first kappa shape index (κ1) is 21.6. The van der Waals surface area contributed by atoms with Gasteiger partial charge < -0.3 is 25.2 Å². The van der Waals surface area contributed by atoms with Crippen molar-refractivity contribution >= 4 is 17.5 Å². The second-order valence-electron chi connectivity index (χ2n) is 7.96. The van der Waals surface area contributed by atoms with Crippen LogP contribution in [0, 0.1) is 0 Å². The molecule has 1 aliphatic carbocycles. The largest absolute Gasteiger partial charge is 0.493 e. The van der Waals surface area contributed by atoms with Crippen molar-refractivity contribution in [3.63, 3.8) is 0 Å². The molecule has 1 atom stereocenters. The number of benzene rings is 1. The van der Waals surface area contributed by atoms with E-state index in [9.17, 15) is 19.8 Å². The number of hydrogen-bond acceptors (Lipinski definition) is 5. The minimum absolute atomic E-state index is 0.00959. The van der Waals surface area contributed by atoms with Gasteiger partial charge >= 0.3 is 0 Å². The van der Waals surface area contributed by atoms with Crippen molar-refractivity contribution in [1.82, 2.24) is 4.90 Å². The van der Waals surface area contributed by atoms with E-state index >= 15 is 0 Å². The summed E-state index contributed by atoms with van der Waals surface area (Å²) >= 11 is 0. The maximum Gasteiger partial charge on any atom is 0.224 e. The van der Waals surface area contributed by atoms with E-state index in [1.807, 2.05) is 18.2 Å². The Morgan fingerprint density at radius 2 is 2.03 bits per heavy atom. The number of hydrogen-bond donors (Lipinski definition) is 3. The minimum Gasteiger partial charge on any atom is -0.493 e. The van der Waals surface area contributed by atoms with Crippen molar-refractivity contribution < 1.29 is 24.5 Å². The van der Waals surface area contributed by atoms with Crippen molar-refractivity contribution in [1.29, 1.82) is 0 Å². The predicted molar refractivity (Wildman–Crippen MR) is 110 cm³/mol. The summed E-state index contributed by atoms with van der Waals surface area (Å²) in [5.41, 5.74) is 1.81. The summed E-state index contributed by atoms with van der Waals surface area (Å²) in [6.07, 6.45) is 6.45. The number of nitrogens with one attached hydrogen (secondary N) is 1. The number of nitrogens with zero attached hydrogens (tertiary/aromatic N) is 1. The van der Waals surface area contributed by atoms with Crippen LogP contribution >= 0.6 is 0 Å². The molecule has 2 amide bonds. The first-order valence-corrected chi connectivity index (χ1v) is 10.7. The van der Waals surface area contributed by atoms with Crippen LogP contribution in [-0.2, 0) is 16.0 Å². The lowest BCUT2D eigenvalue weighted by atomic mass is 9.93. The molecule has 29 heavy (non-hydrogen) atoms. The van der Waals surface area contributed by atoms with Crippen LogP contribution in [0.5, 0.6) is 5.75 Å². The fraction of sp³-hybridized carbons (Fsp3) is 0.636. The third-order valence-electron chi connectivity index (χ3n) is 5.76. The van der Waals surface area contributed by atoms with Gasteiger partial charge in [-0.1, -0.05) is 25.3 Å². The van der Waals surface area contributed by atoms with Gasteiger partial charge in [-0.25, -0.2) is 0 Å². The van der Waals surface area contributed by atoms with Crippen LogP contribution in [0.4, 0.5) is 5.69 Å². The Morgan fingerprint density at radius 3 is 2.79 bits per heavy atom. The van der Waals surface area contributed by atoms with Gasteiger partial charge in [-0.15, -0.1) is 0 Å². The van der Waals surface area contributed by atoms with E-state index < -0.39 is 6.10 Å². The van der Waals surface area contributed by atoms with Crippen molar-refractivity contribution in [3.8, 4) is 5.75 Å². The molecule has 1 saturated carbocycles. The number of ether oxygens (including phenoxy) is 1. The fourth-order valence-corrected chi connectivity index (χ4v) is 4.21. The molecule has 1 unspecified atom stereocenters. The van der Waals surface area contributed by atoms with Gasteiger partial charge in [0.2, 0.25) is 11.8 Å². The Kier molecular flexibility index (Phi) is 7.89. The molecule has 1 heterocycles. The van der Waals surface area contributed by atoms with Crippen molar-refractivity contribution in [2.45, 2.75) is 69.9 Å². The lowest BCUT2D eigenvalue weighted by Crippen LogP contribution is -2.46. The maximum atomic E-state index is 12.8. The van der Waals surface area contributed by atoms with E-state index in [0.717, 1.165) is 42.7 Å². The molecular weight excluding hydrogens is 372 g/mol. The Hall–Kier alpha value is -2.12. The Labute approximate surface area is 172 Å². The van der Waals surface area contributed by atoms with Gasteiger partial charge in [0.15, 0.2) is 0 Å². The highest BCUT2D eigenvalue weighted by Crippen LogP contribution is 2.31. The van der Waals surface area contributed by atoms with Gasteiger partial charge in [-0.3, -0.25) is 9.59 Å². The zero-order chi connectivity index (χ0) is 20.6. The third-order valence-corrected chi connectivity index (χ3v) is 5.76. The Morgan fingerprint density at radius 1 is 1.24 bits per heavy atom. The number of anilines is 1. The second kappa shape index (κ2) is 10.6. The molecule has 7 nitrogen and oxygen atoms in total. The van der Waals surface area contributed by atoms with E-state index in [-0.39, 0.29) is 31.0 Å². The molecule has 2 aliphatic rings. The fourth-order valence-electron chi connectivity index (χ4n) is 4.21. The Balaban J connectivity index is 1.51. The molecule has 1 aliphatic heterocycles. The highest BCUT2D eigenvalue weighted by atomic mass is 16.5. The average molecular weight is 405 g/mol. The number of aliphatic hydroxyl groups is 2. The molecule has 3 N–H and O–H groups in total. The molecule has 0 saturated heterocycles. The molecule has 160 valence electrons. The van der Waals surface area contributed by atoms with Crippen LogP contribution in [0.25, 0.3) is 0 Å². The molecule has 0 bridgehead atoms. The zero-order valence-corrected chi connectivity index (χ0v) is 16.9. The monoisotopic (exact) mass is 404 g/mol. The number of aliphatic hydroxyl groups excluding tert-OH is 2. The lowest BCUT2D eigenvalue weighted by Gasteiger charge is -2.35. The average Bonchev–Trinajstić information content (AvgIpc) is 2.75. The number of amides is 2. The van der Waals surface area contributed by atoms with Crippen LogP contribution in [0.3, 0.4) is 0 Å². The number of fused-ring (bicyclic) bond motifs is 1. The molecule has 7 heteroatoms. The van der Waals surface area contributed by atoms with E-state index in [1.54, 1.807) is 4.90 Å². The van der Waals surface area contributed by atoms with E-state index in [0.29, 0.717) is 32.3 Å². The van der Waals surface area contributed by atoms with Crippen molar-refractivity contribution in [3.05, 3.63) is 23.8 Å². The van der Waals surface area contributed by atoms with E-state index in [4.69, 9.17) is 4.74 Å². The van der Waals surface area contributed by atoms with Crippen LogP contribution in [-0.4, -0.2) is 58.8 Å². The van der Waals surface area contributed by atoms with Crippen molar-refractivity contribution in [2.75, 3.05) is 25.1 Å². The van der Waals surface area contributed by atoms with Crippen LogP contribution in [0.2, 0.25) is 0 Å². The summed E-state index contributed by atoms with van der Waals surface area (Å²) in [5, 5.41) is 21.9. The summed E-state index contributed by atoms with van der Waals surface area (Å²) in [5.74, 6) is 0.790. The van der Waals surface area contributed by atoms with Gasteiger partial charge in [-0.05, 0) is 37.8 Å². The van der Waals surface area contributed by atoms with Gasteiger partial charge in [0.25, 0.3) is 0 Å². The van der Waals surface area contributed by atoms with E-state index in [2.05, 4.69) is 5.32 Å². The van der Waals surface area contributed by atoms with Crippen LogP contribution in [0.1, 0.15) is 56.9 Å². The number of carbonyl (C=O) groups is 2. The smallest absolute Gasteiger partial charge is 0.224 e. The molecular formula is C22H32N2O5. The molecule has 0 spiro atoms. The molecule has 1 fully saturated rings. The highest BCUT2D eigenvalue weighted by molar-refractivity contribution is 5.94. The quantitative estimate of drug-likeness (QED) is 0.548. The van der Waals surface area contributed by atoms with E-state index in [1.165, 1.54) is 6.42 Å². The normalized spacial score (nSPS) is 17.9. The van der Waals surface area contributed by atoms with Gasteiger partial charge in [-0.2, -0.15) is 0 Å². The first-order chi connectivity index (χ1) is 14.1. The number of rotatable bonds is 9. The van der Waals surface area contributed by atoms with Crippen molar-refractivity contribution in [2.24, 2.45) is 0 Å². The topological polar surface area (TPSA) is 99.1 Å². The van der Waals surface area contributed by atoms with Crippen LogP contribution < -0.4 is 10.1 Å². The molecule has 1 aromatic rings. The standard InChI is InChI=1S/C22H32N2O5/c25-15-17(26)14-24(16-6-2-1-3-7-16)22(28)10-5-13-29-20-9-4-8-19-18(20)11-12-21(27)23-19/h4,8-9,16-17,25-26H,1-3,5-7,10-15H2,(H,23,27). The minimum atomic E-state index is -0.900. The highest BCUT2D eigenvalue weighted by Gasteiger charge is 2.27. The molecule has 1 aromatic carbocycles. The SMILES string of the molecule is O=C1CCc2c(cccc2OCCCC(=O)N(CC(O)CO)C2CCCCC2)N1. The van der Waals surface area contributed by atoms with Gasteiger partial charge in [0.05, 0.1) is 19.3 Å². The third kappa shape index (κ3) is 5.93. The summed E-state index contributed by atoms with van der Waals surface area (Å²) in [6.45, 7) is 0.263. The molecule has 0 radical (unpaired) electrons. The predicted octanol–water partition coefficient (Wildman–Crippen LogP) is 2.24. The summed E-state index contributed by atoms with van der Waals surface area (Å²) in [4.78, 5) is 26.1. The summed E-state index contributed by atoms with van der Waals surface area (Å²) in [7, 11) is 0. The van der Waals surface area contributed by atoms with Gasteiger partial charge in [0, 0.05) is 36.7 Å². The second-order valence-corrected chi connectivity index (χ2v) is 7.96. The summed E-state index contributed by atoms with van der Waals surface area (Å²) in [6, 6.07) is 5.77. The molecule has 0 aromatic heterocycles. The zero-order valence-electron chi connectivity index (χ0n) is 16.9.